The first-order chi connectivity index (χ1) is 9.18. The largest absolute Gasteiger partial charge is 0.478 e. The number of hydrogen-bond acceptors (Lipinski definition) is 3. The van der Waals surface area contributed by atoms with Crippen molar-refractivity contribution >= 4 is 11.7 Å². The highest BCUT2D eigenvalue weighted by Crippen LogP contribution is 2.69. The lowest BCUT2D eigenvalue weighted by molar-refractivity contribution is 0.0697. The molecule has 1 aromatic heterocycles. The van der Waals surface area contributed by atoms with Gasteiger partial charge in [-0.25, -0.2) is 4.79 Å². The summed E-state index contributed by atoms with van der Waals surface area (Å²) >= 11 is 0. The van der Waals surface area contributed by atoms with Crippen molar-refractivity contribution in [2.75, 3.05) is 11.9 Å². The van der Waals surface area contributed by atoms with Gasteiger partial charge in [0.1, 0.15) is 0 Å². The Morgan fingerprint density at radius 1 is 1.42 bits per heavy atom. The molecular weight excluding hydrogens is 240 g/mol. The maximum Gasteiger partial charge on any atom is 0.337 e. The molecule has 1 heterocycles. The van der Waals surface area contributed by atoms with Gasteiger partial charge < -0.3 is 10.4 Å². The molecule has 0 radical (unpaired) electrons. The molecular formula is C15H18N2O2. The molecule has 1 aromatic rings. The molecule has 0 amide bonds. The Hall–Kier alpha value is -1.58. The first-order valence-electron chi connectivity index (χ1n) is 7.09. The number of aromatic nitrogens is 1. The summed E-state index contributed by atoms with van der Waals surface area (Å²) in [6, 6.07) is 1.56. The van der Waals surface area contributed by atoms with Crippen molar-refractivity contribution in [2.24, 2.45) is 23.2 Å². The monoisotopic (exact) mass is 258 g/mol. The number of aromatic carboxylic acids is 1. The first-order valence-corrected chi connectivity index (χ1v) is 7.09. The number of anilines is 1. The van der Waals surface area contributed by atoms with E-state index in [9.17, 15) is 9.90 Å². The summed E-state index contributed by atoms with van der Waals surface area (Å²) < 4.78 is 0. The molecule has 0 aromatic carbocycles. The number of carboxylic acid groups (broad SMARTS) is 1. The molecule has 4 aliphatic carbocycles. The number of carboxylic acids is 1. The van der Waals surface area contributed by atoms with E-state index in [-0.39, 0.29) is 0 Å². The molecule has 0 spiro atoms. The third-order valence-corrected chi connectivity index (χ3v) is 5.73. The summed E-state index contributed by atoms with van der Waals surface area (Å²) in [6.45, 7) is 0.913. The molecule has 0 saturated heterocycles. The van der Waals surface area contributed by atoms with Crippen LogP contribution in [-0.4, -0.2) is 22.6 Å². The van der Waals surface area contributed by atoms with Gasteiger partial charge in [0.2, 0.25) is 0 Å². The van der Waals surface area contributed by atoms with E-state index in [1.165, 1.54) is 31.9 Å². The highest BCUT2D eigenvalue weighted by atomic mass is 16.4. The average molecular weight is 258 g/mol. The maximum absolute atomic E-state index is 11.2. The van der Waals surface area contributed by atoms with Gasteiger partial charge in [0.25, 0.3) is 0 Å². The Morgan fingerprint density at radius 3 is 2.74 bits per heavy atom. The molecule has 4 bridgehead atoms. The Morgan fingerprint density at radius 2 is 2.16 bits per heavy atom. The van der Waals surface area contributed by atoms with Crippen LogP contribution in [0.1, 0.15) is 36.0 Å². The van der Waals surface area contributed by atoms with Crippen molar-refractivity contribution in [1.82, 2.24) is 4.98 Å². The van der Waals surface area contributed by atoms with Crippen LogP contribution >= 0.6 is 0 Å². The summed E-state index contributed by atoms with van der Waals surface area (Å²) in [6.07, 6.45) is 8.67. The normalized spacial score (nSPS) is 38.0. The van der Waals surface area contributed by atoms with E-state index in [0.29, 0.717) is 16.7 Å². The highest BCUT2D eigenvalue weighted by Gasteiger charge is 2.62. The van der Waals surface area contributed by atoms with E-state index in [1.807, 2.05) is 0 Å². The summed E-state index contributed by atoms with van der Waals surface area (Å²) in [5.41, 5.74) is 1.43. The fraction of sp³-hybridized carbons (Fsp3) is 0.600. The quantitative estimate of drug-likeness (QED) is 0.871. The zero-order valence-corrected chi connectivity index (χ0v) is 10.8. The molecule has 19 heavy (non-hydrogen) atoms. The van der Waals surface area contributed by atoms with E-state index in [4.69, 9.17) is 0 Å². The van der Waals surface area contributed by atoms with E-state index in [1.54, 1.807) is 12.3 Å². The topological polar surface area (TPSA) is 62.2 Å². The summed E-state index contributed by atoms with van der Waals surface area (Å²) in [4.78, 5) is 15.2. The second kappa shape index (κ2) is 3.71. The Kier molecular flexibility index (Phi) is 2.20. The average Bonchev–Trinajstić information content (AvgIpc) is 3.10. The summed E-state index contributed by atoms with van der Waals surface area (Å²) in [7, 11) is 0. The molecule has 0 aliphatic heterocycles. The molecule has 2 N–H and O–H groups in total. The molecule has 4 fully saturated rings. The molecule has 4 nitrogen and oxygen atoms in total. The van der Waals surface area contributed by atoms with Crippen LogP contribution in [0, 0.1) is 23.2 Å². The molecule has 4 aliphatic rings. The zero-order valence-electron chi connectivity index (χ0n) is 10.8. The van der Waals surface area contributed by atoms with Gasteiger partial charge in [-0.05, 0) is 54.9 Å². The third-order valence-electron chi connectivity index (χ3n) is 5.73. The smallest absolute Gasteiger partial charge is 0.337 e. The van der Waals surface area contributed by atoms with Gasteiger partial charge in [-0.15, -0.1) is 0 Å². The lowest BCUT2D eigenvalue weighted by atomic mass is 9.81. The number of nitrogens with zero attached hydrogens (tertiary/aromatic N) is 1. The van der Waals surface area contributed by atoms with E-state index >= 15 is 0 Å². The van der Waals surface area contributed by atoms with Crippen LogP contribution in [0.15, 0.2) is 18.5 Å². The maximum atomic E-state index is 11.2. The van der Waals surface area contributed by atoms with Crippen molar-refractivity contribution in [3.8, 4) is 0 Å². The van der Waals surface area contributed by atoms with Crippen LogP contribution < -0.4 is 5.32 Å². The summed E-state index contributed by atoms with van der Waals surface area (Å²) in [5.74, 6) is 1.90. The van der Waals surface area contributed by atoms with Crippen LogP contribution in [0.25, 0.3) is 0 Å². The second-order valence-corrected chi connectivity index (χ2v) is 6.54. The van der Waals surface area contributed by atoms with E-state index < -0.39 is 5.97 Å². The van der Waals surface area contributed by atoms with Gasteiger partial charge in [-0.1, -0.05) is 0 Å². The molecule has 4 heteroatoms. The predicted octanol–water partition coefficient (Wildman–Crippen LogP) is 2.63. The number of hydrogen-bond donors (Lipinski definition) is 2. The Balaban J connectivity index is 1.53. The van der Waals surface area contributed by atoms with Gasteiger partial charge >= 0.3 is 5.97 Å². The number of nitrogens with one attached hydrogen (secondary N) is 1. The van der Waals surface area contributed by atoms with E-state index in [2.05, 4.69) is 10.3 Å². The lowest BCUT2D eigenvalue weighted by Gasteiger charge is -2.29. The number of rotatable bonds is 4. The van der Waals surface area contributed by atoms with Crippen LogP contribution in [-0.2, 0) is 0 Å². The molecule has 4 saturated carbocycles. The molecule has 100 valence electrons. The van der Waals surface area contributed by atoms with Crippen LogP contribution in [0.4, 0.5) is 5.69 Å². The van der Waals surface area contributed by atoms with Crippen LogP contribution in [0.5, 0.6) is 0 Å². The SMILES string of the molecule is O=C(O)c1ccncc1NCC12CC3CC1CC3C2. The predicted molar refractivity (Wildman–Crippen MR) is 71.1 cm³/mol. The van der Waals surface area contributed by atoms with Crippen LogP contribution in [0.3, 0.4) is 0 Å². The van der Waals surface area contributed by atoms with Gasteiger partial charge in [0.05, 0.1) is 17.4 Å². The van der Waals surface area contributed by atoms with Gasteiger partial charge in [0, 0.05) is 12.7 Å². The minimum Gasteiger partial charge on any atom is -0.478 e. The Bertz CT molecular complexity index is 529. The van der Waals surface area contributed by atoms with Crippen molar-refractivity contribution in [3.05, 3.63) is 24.0 Å². The third kappa shape index (κ3) is 1.52. The minimum absolute atomic E-state index is 0.325. The highest BCUT2D eigenvalue weighted by molar-refractivity contribution is 5.93. The number of pyridine rings is 1. The van der Waals surface area contributed by atoms with Gasteiger partial charge in [-0.2, -0.15) is 0 Å². The minimum atomic E-state index is -0.887. The standard InChI is InChI=1S/C15H18N2O2/c18-14(19)12-1-2-16-7-13(12)17-8-15-5-9-3-11(15)4-10(9)6-15/h1-2,7,9-11,17H,3-6,8H2,(H,18,19). The van der Waals surface area contributed by atoms with E-state index in [0.717, 1.165) is 24.3 Å². The van der Waals surface area contributed by atoms with Crippen LogP contribution in [0.2, 0.25) is 0 Å². The van der Waals surface area contributed by atoms with Crippen molar-refractivity contribution < 1.29 is 9.90 Å². The first kappa shape index (κ1) is 11.3. The van der Waals surface area contributed by atoms with Crippen molar-refractivity contribution in [3.63, 3.8) is 0 Å². The molecule has 2 atom stereocenters. The van der Waals surface area contributed by atoms with Gasteiger partial charge in [-0.3, -0.25) is 4.98 Å². The number of carbonyl (C=O) groups is 1. The molecule has 5 rings (SSSR count). The van der Waals surface area contributed by atoms with Crippen molar-refractivity contribution in [2.45, 2.75) is 25.7 Å². The fourth-order valence-corrected chi connectivity index (χ4v) is 4.95. The molecule has 2 unspecified atom stereocenters. The Labute approximate surface area is 112 Å². The zero-order chi connectivity index (χ0) is 13.0. The van der Waals surface area contributed by atoms with Gasteiger partial charge in [0.15, 0.2) is 0 Å². The summed E-state index contributed by atoms with van der Waals surface area (Å²) in [5, 5.41) is 12.5. The second-order valence-electron chi connectivity index (χ2n) is 6.54. The fourth-order valence-electron chi connectivity index (χ4n) is 4.95. The van der Waals surface area contributed by atoms with Crippen molar-refractivity contribution in [1.29, 1.82) is 0 Å². The lowest BCUT2D eigenvalue weighted by Crippen LogP contribution is -2.29.